The molecule has 0 bridgehead atoms. The zero-order valence-corrected chi connectivity index (χ0v) is 20.5. The number of nitrogens with one attached hydrogen (secondary N) is 1. The molecule has 5 rings (SSSR count). The van der Waals surface area contributed by atoms with E-state index in [1.54, 1.807) is 6.07 Å². The van der Waals surface area contributed by atoms with Gasteiger partial charge >= 0.3 is 0 Å². The van der Waals surface area contributed by atoms with Crippen molar-refractivity contribution in [3.05, 3.63) is 59.5 Å². The molecule has 35 heavy (non-hydrogen) atoms. The molecule has 1 aromatic heterocycles. The topological polar surface area (TPSA) is 103 Å². The highest BCUT2D eigenvalue weighted by Gasteiger charge is 2.33. The second-order valence-corrected chi connectivity index (χ2v) is 11.5. The molecule has 3 N–H and O–H groups in total. The van der Waals surface area contributed by atoms with E-state index >= 15 is 0 Å². The summed E-state index contributed by atoms with van der Waals surface area (Å²) in [4.78, 5) is 12.0. The Kier molecular flexibility index (Phi) is 6.41. The predicted molar refractivity (Wildman–Crippen MR) is 133 cm³/mol. The first kappa shape index (κ1) is 24.0. The van der Waals surface area contributed by atoms with Crippen molar-refractivity contribution in [2.75, 3.05) is 13.2 Å². The summed E-state index contributed by atoms with van der Waals surface area (Å²) in [5, 5.41) is 0.565. The van der Waals surface area contributed by atoms with Gasteiger partial charge in [0.1, 0.15) is 5.82 Å². The number of nitrogens with zero attached hydrogens (tertiary/aromatic N) is 1. The molecule has 3 aromatic rings. The summed E-state index contributed by atoms with van der Waals surface area (Å²) in [5.41, 5.74) is 8.09. The summed E-state index contributed by atoms with van der Waals surface area (Å²) in [7, 11) is -3.41. The van der Waals surface area contributed by atoms with Crippen LogP contribution in [-0.2, 0) is 14.8 Å². The van der Waals surface area contributed by atoms with E-state index in [0.29, 0.717) is 31.6 Å². The average molecular weight is 500 g/mol. The van der Waals surface area contributed by atoms with Crippen molar-refractivity contribution in [2.45, 2.75) is 56.4 Å². The van der Waals surface area contributed by atoms with Crippen LogP contribution < -0.4 is 10.5 Å². The lowest BCUT2D eigenvalue weighted by Crippen LogP contribution is -2.39. The Morgan fingerprint density at radius 2 is 1.91 bits per heavy atom. The molecular formula is C26H30FN3O4S. The molecule has 1 aliphatic heterocycles. The minimum absolute atomic E-state index is 0.121. The molecule has 0 radical (unpaired) electrons. The van der Waals surface area contributed by atoms with E-state index in [4.69, 9.17) is 10.5 Å². The number of aromatic nitrogens is 1. The van der Waals surface area contributed by atoms with Gasteiger partial charge in [-0.05, 0) is 61.9 Å². The van der Waals surface area contributed by atoms with Crippen molar-refractivity contribution >= 4 is 26.8 Å². The van der Waals surface area contributed by atoms with Crippen molar-refractivity contribution in [3.8, 4) is 11.1 Å². The van der Waals surface area contributed by atoms with Gasteiger partial charge in [0, 0.05) is 53.5 Å². The van der Waals surface area contributed by atoms with Crippen LogP contribution in [0.2, 0.25) is 0 Å². The number of carbonyl (C=O) groups excluding carboxylic acids is 1. The third-order valence-electron chi connectivity index (χ3n) is 7.32. The first-order valence-electron chi connectivity index (χ1n) is 12.1. The van der Waals surface area contributed by atoms with Gasteiger partial charge in [-0.3, -0.25) is 4.79 Å². The number of fused-ring (bicyclic) bond motifs is 1. The van der Waals surface area contributed by atoms with Crippen LogP contribution in [0.4, 0.5) is 4.39 Å². The summed E-state index contributed by atoms with van der Waals surface area (Å²) >= 11 is 0. The summed E-state index contributed by atoms with van der Waals surface area (Å²) in [6, 6.07) is 9.55. The maximum absolute atomic E-state index is 14.9. The summed E-state index contributed by atoms with van der Waals surface area (Å²) < 4.78 is 51.0. The molecular weight excluding hydrogens is 469 g/mol. The molecule has 1 saturated heterocycles. The van der Waals surface area contributed by atoms with Gasteiger partial charge in [-0.15, -0.1) is 0 Å². The van der Waals surface area contributed by atoms with Crippen molar-refractivity contribution in [2.24, 2.45) is 5.73 Å². The van der Waals surface area contributed by atoms with Crippen LogP contribution in [0.3, 0.4) is 0 Å². The molecule has 186 valence electrons. The molecule has 1 amide bonds. The average Bonchev–Trinajstić information content (AvgIpc) is 3.16. The zero-order chi connectivity index (χ0) is 24.7. The quantitative estimate of drug-likeness (QED) is 0.502. The van der Waals surface area contributed by atoms with Crippen LogP contribution in [0.15, 0.2) is 42.6 Å². The zero-order valence-electron chi connectivity index (χ0n) is 19.7. The van der Waals surface area contributed by atoms with E-state index in [1.807, 2.05) is 25.3 Å². The highest BCUT2D eigenvalue weighted by Crippen LogP contribution is 2.37. The number of hydrogen-bond donors (Lipinski definition) is 2. The van der Waals surface area contributed by atoms with Crippen LogP contribution in [0.1, 0.15) is 67.0 Å². The predicted octanol–water partition coefficient (Wildman–Crippen LogP) is 4.43. The van der Waals surface area contributed by atoms with E-state index in [1.165, 1.54) is 18.2 Å². The fourth-order valence-electron chi connectivity index (χ4n) is 5.15. The lowest BCUT2D eigenvalue weighted by atomic mass is 9.96. The van der Waals surface area contributed by atoms with Crippen LogP contribution in [-0.4, -0.2) is 37.4 Å². The highest BCUT2D eigenvalue weighted by molar-refractivity contribution is 7.90. The number of sulfonamides is 1. The van der Waals surface area contributed by atoms with E-state index < -0.39 is 27.8 Å². The summed E-state index contributed by atoms with van der Waals surface area (Å²) in [6.45, 7) is 3.14. The van der Waals surface area contributed by atoms with Crippen molar-refractivity contribution < 1.29 is 22.3 Å². The molecule has 1 aliphatic carbocycles. The van der Waals surface area contributed by atoms with Crippen LogP contribution >= 0.6 is 0 Å². The van der Waals surface area contributed by atoms with Crippen LogP contribution in [0, 0.1) is 5.82 Å². The van der Waals surface area contributed by atoms with Gasteiger partial charge in [0.15, 0.2) is 0 Å². The Bertz CT molecular complexity index is 1370. The number of nitrogens with two attached hydrogens (primary N) is 1. The molecule has 2 aromatic carbocycles. The molecule has 2 heterocycles. The van der Waals surface area contributed by atoms with E-state index in [0.717, 1.165) is 35.7 Å². The minimum Gasteiger partial charge on any atom is -0.381 e. The second-order valence-electron chi connectivity index (χ2n) is 9.53. The number of primary amides is 1. The normalized spacial score (nSPS) is 18.5. The van der Waals surface area contributed by atoms with Crippen LogP contribution in [0.5, 0.6) is 0 Å². The number of benzene rings is 2. The number of carbonyl (C=O) groups is 1. The van der Waals surface area contributed by atoms with Gasteiger partial charge in [-0.2, -0.15) is 0 Å². The molecule has 1 saturated carbocycles. The molecule has 1 atom stereocenters. The van der Waals surface area contributed by atoms with Gasteiger partial charge < -0.3 is 15.0 Å². The van der Waals surface area contributed by atoms with Gasteiger partial charge in [-0.1, -0.05) is 24.6 Å². The molecule has 7 nitrogen and oxygen atoms in total. The smallest absolute Gasteiger partial charge is 0.249 e. The Morgan fingerprint density at radius 3 is 2.57 bits per heavy atom. The maximum atomic E-state index is 14.9. The maximum Gasteiger partial charge on any atom is 0.249 e. The summed E-state index contributed by atoms with van der Waals surface area (Å²) in [5.74, 6) is -1.22. The minimum atomic E-state index is -3.41. The van der Waals surface area contributed by atoms with E-state index in [9.17, 15) is 17.6 Å². The number of amides is 1. The Morgan fingerprint density at radius 1 is 1.17 bits per heavy atom. The van der Waals surface area contributed by atoms with Gasteiger partial charge in [0.2, 0.25) is 15.9 Å². The third-order valence-corrected chi connectivity index (χ3v) is 9.35. The number of rotatable bonds is 7. The number of hydrogen-bond acceptors (Lipinski definition) is 4. The first-order chi connectivity index (χ1) is 16.8. The molecule has 0 spiro atoms. The number of ether oxygens (including phenoxy) is 1. The Balaban J connectivity index is 1.62. The van der Waals surface area contributed by atoms with Crippen molar-refractivity contribution in [1.29, 1.82) is 0 Å². The molecule has 2 fully saturated rings. The second kappa shape index (κ2) is 9.37. The molecule has 9 heteroatoms. The van der Waals surface area contributed by atoms with Crippen LogP contribution in [0.25, 0.3) is 22.0 Å². The SMILES string of the molecule is C[C@@H](NS(=O)(=O)C1CCC1)c1cn(C2CCOCC2)c2cc(-c3c(F)cccc3C(N)=O)ccc12. The first-order valence-corrected chi connectivity index (χ1v) is 13.6. The Hall–Kier alpha value is -2.75. The highest BCUT2D eigenvalue weighted by atomic mass is 32.2. The Labute approximate surface area is 204 Å². The van der Waals surface area contributed by atoms with Gasteiger partial charge in [0.05, 0.1) is 5.25 Å². The summed E-state index contributed by atoms with van der Waals surface area (Å²) in [6.07, 6.45) is 5.98. The van der Waals surface area contributed by atoms with E-state index in [-0.39, 0.29) is 22.4 Å². The van der Waals surface area contributed by atoms with Crippen molar-refractivity contribution in [3.63, 3.8) is 0 Å². The fraction of sp³-hybridized carbons (Fsp3) is 0.423. The lowest BCUT2D eigenvalue weighted by Gasteiger charge is -2.27. The van der Waals surface area contributed by atoms with Crippen molar-refractivity contribution in [1.82, 2.24) is 9.29 Å². The standard InChI is InChI=1S/C26H30FN3O4S/c1-16(29-35(32,33)19-4-2-5-19)22-15-30(18-10-12-34-13-11-18)24-14-17(8-9-20(22)24)25-21(26(28)31)6-3-7-23(25)27/h3,6-9,14-16,18-19,29H,2,4-5,10-13H2,1H3,(H2,28,31)/t16-/m1/s1. The third kappa shape index (κ3) is 4.48. The fourth-order valence-corrected chi connectivity index (χ4v) is 6.92. The molecule has 2 aliphatic rings. The van der Waals surface area contributed by atoms with Gasteiger partial charge in [-0.25, -0.2) is 17.5 Å². The van der Waals surface area contributed by atoms with Gasteiger partial charge in [0.25, 0.3) is 0 Å². The lowest BCUT2D eigenvalue weighted by molar-refractivity contribution is 0.0707. The number of halogens is 1. The monoisotopic (exact) mass is 499 g/mol. The molecule has 0 unspecified atom stereocenters. The largest absolute Gasteiger partial charge is 0.381 e. The van der Waals surface area contributed by atoms with E-state index in [2.05, 4.69) is 9.29 Å².